The molecule has 0 aliphatic rings. The van der Waals surface area contributed by atoms with Crippen LogP contribution in [0.5, 0.6) is 0 Å². The summed E-state index contributed by atoms with van der Waals surface area (Å²) in [6.07, 6.45) is 6.13. The third-order valence-electron chi connectivity index (χ3n) is 11.5. The second-order valence-corrected chi connectivity index (χ2v) is 15.3. The van der Waals surface area contributed by atoms with Gasteiger partial charge in [0.2, 0.25) is 0 Å². The summed E-state index contributed by atoms with van der Waals surface area (Å²) in [6, 6.07) is 54.8. The lowest BCUT2D eigenvalue weighted by Gasteiger charge is -2.36. The smallest absolute Gasteiger partial charge is 0.321 e. The second-order valence-electron chi connectivity index (χ2n) is 15.3. The Kier molecular flexibility index (Phi) is 12.2. The van der Waals surface area contributed by atoms with Crippen LogP contribution in [0.1, 0.15) is 74.0 Å². The van der Waals surface area contributed by atoms with Gasteiger partial charge in [-0.25, -0.2) is 14.5 Å². The highest BCUT2D eigenvalue weighted by molar-refractivity contribution is 5.94. The molecule has 8 aromatic rings. The van der Waals surface area contributed by atoms with Gasteiger partial charge < -0.3 is 9.88 Å². The van der Waals surface area contributed by atoms with E-state index < -0.39 is 5.54 Å². The zero-order valence-corrected chi connectivity index (χ0v) is 34.7. The standard InChI is InChI=1S/C51H52N8O/c1-4-6-19-35-57(50(60)52-3)43-33-34-47-46(36-43)53-48(28-7-5-2)58(47)37-38-29-31-39(32-30-38)44-26-17-18-27-45(44)49-54-55-56-59(49)51(40-20-11-8-12-21-40,41-22-13-9-14-23-41)42-24-15-10-16-25-42/h8-18,20-27,29-34,36H,4-7,19,28,35,37H2,1-3H3,(H,52,60). The molecule has 8 rings (SSSR count). The van der Waals surface area contributed by atoms with Gasteiger partial charge in [-0.2, -0.15) is 0 Å². The van der Waals surface area contributed by atoms with Gasteiger partial charge in [0.1, 0.15) is 11.4 Å². The molecule has 2 aromatic heterocycles. The predicted molar refractivity (Wildman–Crippen MR) is 242 cm³/mol. The third kappa shape index (κ3) is 7.83. The van der Waals surface area contributed by atoms with Crippen LogP contribution in [0.25, 0.3) is 33.5 Å². The number of aromatic nitrogens is 6. The molecule has 0 radical (unpaired) electrons. The number of anilines is 1. The minimum Gasteiger partial charge on any atom is -0.341 e. The van der Waals surface area contributed by atoms with Crippen LogP contribution in [0.4, 0.5) is 10.5 Å². The molecule has 0 saturated heterocycles. The van der Waals surface area contributed by atoms with Gasteiger partial charge in [-0.05, 0) is 74.8 Å². The van der Waals surface area contributed by atoms with Crippen LogP contribution in [-0.4, -0.2) is 49.4 Å². The Morgan fingerprint density at radius 1 is 0.683 bits per heavy atom. The van der Waals surface area contributed by atoms with E-state index in [-0.39, 0.29) is 6.03 Å². The summed E-state index contributed by atoms with van der Waals surface area (Å²) in [5.74, 6) is 1.72. The fourth-order valence-corrected chi connectivity index (χ4v) is 8.43. The van der Waals surface area contributed by atoms with Gasteiger partial charge >= 0.3 is 6.03 Å². The molecule has 9 nitrogen and oxygen atoms in total. The maximum atomic E-state index is 12.9. The molecule has 0 unspecified atom stereocenters. The first-order valence-corrected chi connectivity index (χ1v) is 21.2. The summed E-state index contributed by atoms with van der Waals surface area (Å²) < 4.78 is 4.33. The summed E-state index contributed by atoms with van der Waals surface area (Å²) in [5.41, 5.74) is 9.33. The lowest BCUT2D eigenvalue weighted by molar-refractivity contribution is 0.248. The van der Waals surface area contributed by atoms with Crippen molar-refractivity contribution in [1.82, 2.24) is 35.1 Å². The van der Waals surface area contributed by atoms with E-state index in [1.54, 1.807) is 7.05 Å². The number of rotatable bonds is 16. The Morgan fingerprint density at radius 3 is 1.88 bits per heavy atom. The Hall–Kier alpha value is -6.87. The van der Waals surface area contributed by atoms with E-state index >= 15 is 0 Å². The van der Waals surface area contributed by atoms with Gasteiger partial charge in [0.25, 0.3) is 0 Å². The van der Waals surface area contributed by atoms with Crippen molar-refractivity contribution >= 4 is 22.8 Å². The molecule has 0 fully saturated rings. The normalized spacial score (nSPS) is 11.5. The minimum atomic E-state index is -0.862. The Morgan fingerprint density at radius 2 is 1.28 bits per heavy atom. The van der Waals surface area contributed by atoms with Crippen LogP contribution in [0.2, 0.25) is 0 Å². The van der Waals surface area contributed by atoms with Crippen LogP contribution >= 0.6 is 0 Å². The van der Waals surface area contributed by atoms with Crippen LogP contribution < -0.4 is 10.2 Å². The number of fused-ring (bicyclic) bond motifs is 1. The van der Waals surface area contributed by atoms with Gasteiger partial charge in [0.05, 0.1) is 11.0 Å². The highest BCUT2D eigenvalue weighted by atomic mass is 16.2. The lowest BCUT2D eigenvalue weighted by Crippen LogP contribution is -2.39. The fourth-order valence-electron chi connectivity index (χ4n) is 8.43. The SMILES string of the molecule is CCCCCN(C(=O)NC)c1ccc2c(c1)nc(CCCC)n2Cc1ccc(-c2ccccc2-c2nnnn2C(c2ccccc2)(c2ccccc2)c2ccccc2)cc1. The van der Waals surface area contributed by atoms with Gasteiger partial charge in [0, 0.05) is 37.8 Å². The summed E-state index contributed by atoms with van der Waals surface area (Å²) >= 11 is 0. The average molecular weight is 793 g/mol. The molecule has 60 heavy (non-hydrogen) atoms. The van der Waals surface area contributed by atoms with Crippen molar-refractivity contribution in [3.8, 4) is 22.5 Å². The van der Waals surface area contributed by atoms with Crippen molar-refractivity contribution in [2.75, 3.05) is 18.5 Å². The first-order chi connectivity index (χ1) is 29.6. The quantitative estimate of drug-likeness (QED) is 0.0777. The monoisotopic (exact) mass is 792 g/mol. The van der Waals surface area contributed by atoms with Crippen molar-refractivity contribution < 1.29 is 4.79 Å². The molecule has 0 spiro atoms. The molecule has 0 aliphatic carbocycles. The van der Waals surface area contributed by atoms with E-state index in [9.17, 15) is 4.79 Å². The van der Waals surface area contributed by atoms with Crippen molar-refractivity contribution in [2.45, 2.75) is 64.5 Å². The molecule has 2 amide bonds. The molecule has 2 heterocycles. The number of benzene rings is 6. The van der Waals surface area contributed by atoms with E-state index in [0.29, 0.717) is 18.9 Å². The maximum absolute atomic E-state index is 12.9. The highest BCUT2D eigenvalue weighted by Gasteiger charge is 2.42. The van der Waals surface area contributed by atoms with Crippen molar-refractivity contribution in [2.24, 2.45) is 0 Å². The van der Waals surface area contributed by atoms with Crippen LogP contribution in [0.3, 0.4) is 0 Å². The number of aryl methyl sites for hydroxylation is 1. The molecule has 0 saturated carbocycles. The molecule has 0 atom stereocenters. The zero-order chi connectivity index (χ0) is 41.3. The first-order valence-electron chi connectivity index (χ1n) is 21.2. The van der Waals surface area contributed by atoms with Gasteiger partial charge in [-0.1, -0.05) is 173 Å². The van der Waals surface area contributed by atoms with Crippen molar-refractivity contribution in [1.29, 1.82) is 0 Å². The number of imidazole rings is 1. The number of amides is 2. The number of urea groups is 1. The summed E-state index contributed by atoms with van der Waals surface area (Å²) in [4.78, 5) is 19.9. The van der Waals surface area contributed by atoms with Gasteiger partial charge in [-0.3, -0.25) is 4.90 Å². The van der Waals surface area contributed by atoms with E-state index in [1.165, 1.54) is 5.56 Å². The summed E-state index contributed by atoms with van der Waals surface area (Å²) in [5, 5.41) is 16.8. The van der Waals surface area contributed by atoms with Crippen LogP contribution in [0, 0.1) is 0 Å². The molecule has 302 valence electrons. The number of hydrogen-bond donors (Lipinski definition) is 1. The number of nitrogens with one attached hydrogen (secondary N) is 1. The Labute approximate surface area is 352 Å². The van der Waals surface area contributed by atoms with E-state index in [0.717, 1.165) is 94.5 Å². The van der Waals surface area contributed by atoms with E-state index in [1.807, 2.05) is 33.8 Å². The maximum Gasteiger partial charge on any atom is 0.321 e. The zero-order valence-electron chi connectivity index (χ0n) is 34.7. The molecule has 0 bridgehead atoms. The molecule has 9 heteroatoms. The summed E-state index contributed by atoms with van der Waals surface area (Å²) in [6.45, 7) is 5.73. The number of hydrogen-bond acceptors (Lipinski definition) is 5. The highest BCUT2D eigenvalue weighted by Crippen LogP contribution is 2.43. The van der Waals surface area contributed by atoms with Crippen LogP contribution in [0.15, 0.2) is 158 Å². The first kappa shape index (κ1) is 39.9. The number of carbonyl (C=O) groups is 1. The molecular weight excluding hydrogens is 741 g/mol. The van der Waals surface area contributed by atoms with Crippen molar-refractivity contribution in [3.05, 3.63) is 186 Å². The predicted octanol–water partition coefficient (Wildman–Crippen LogP) is 10.9. The van der Waals surface area contributed by atoms with Gasteiger partial charge in [0.15, 0.2) is 5.82 Å². The topological polar surface area (TPSA) is 93.8 Å². The van der Waals surface area contributed by atoms with Crippen LogP contribution in [-0.2, 0) is 18.5 Å². The molecule has 6 aromatic carbocycles. The summed E-state index contributed by atoms with van der Waals surface area (Å²) in [7, 11) is 1.69. The number of nitrogens with zero attached hydrogens (tertiary/aromatic N) is 7. The minimum absolute atomic E-state index is 0.0998. The van der Waals surface area contributed by atoms with E-state index in [4.69, 9.17) is 15.3 Å². The molecule has 1 N–H and O–H groups in total. The second kappa shape index (κ2) is 18.4. The Bertz CT molecular complexity index is 2540. The third-order valence-corrected chi connectivity index (χ3v) is 11.5. The lowest BCUT2D eigenvalue weighted by atomic mass is 9.77. The average Bonchev–Trinajstić information content (AvgIpc) is 3.93. The van der Waals surface area contributed by atoms with Gasteiger partial charge in [-0.15, -0.1) is 5.10 Å². The number of tetrazole rings is 1. The molecular formula is C51H52N8O. The Balaban J connectivity index is 1.16. The number of unbranched alkanes of at least 4 members (excludes halogenated alkanes) is 3. The number of carbonyl (C=O) groups excluding carboxylic acids is 1. The van der Waals surface area contributed by atoms with E-state index in [2.05, 4.69) is 162 Å². The molecule has 0 aliphatic heterocycles. The fraction of sp³-hybridized carbons (Fsp3) is 0.235. The van der Waals surface area contributed by atoms with Crippen molar-refractivity contribution in [3.63, 3.8) is 0 Å². The largest absolute Gasteiger partial charge is 0.341 e.